The van der Waals surface area contributed by atoms with Crippen LogP contribution in [0.15, 0.2) is 54.6 Å². The van der Waals surface area contributed by atoms with E-state index in [0.29, 0.717) is 12.5 Å². The van der Waals surface area contributed by atoms with E-state index in [0.717, 1.165) is 18.4 Å². The van der Waals surface area contributed by atoms with Crippen LogP contribution in [-0.4, -0.2) is 26.4 Å². The number of carbonyl (C=O) groups is 1. The highest BCUT2D eigenvalue weighted by atomic mass is 16.6. The molecule has 0 aliphatic carbocycles. The van der Waals surface area contributed by atoms with E-state index in [2.05, 4.69) is 80.7 Å². The number of rotatable bonds is 10. The highest BCUT2D eigenvalue weighted by Gasteiger charge is 2.29. The first-order chi connectivity index (χ1) is 14.2. The number of methoxy groups -OCH3 is 1. The molecule has 0 aliphatic rings. The Labute approximate surface area is 182 Å². The lowest BCUT2D eigenvalue weighted by molar-refractivity contribution is 0.0931. The first kappa shape index (κ1) is 23.9. The SMILES string of the molecule is CCC(CC(C)(C)c1cccc(C(C)(C)NC(=O)OCCOC)c1)c1ccccc1. The predicted molar refractivity (Wildman–Crippen MR) is 123 cm³/mol. The minimum atomic E-state index is -0.542. The average Bonchev–Trinajstić information content (AvgIpc) is 2.72. The molecule has 0 radical (unpaired) electrons. The van der Waals surface area contributed by atoms with E-state index in [1.54, 1.807) is 7.11 Å². The number of alkyl carbamates (subject to hydrolysis) is 1. The third kappa shape index (κ3) is 6.60. The Morgan fingerprint density at radius 2 is 1.63 bits per heavy atom. The number of hydrogen-bond donors (Lipinski definition) is 1. The molecule has 1 amide bonds. The van der Waals surface area contributed by atoms with Crippen molar-refractivity contribution >= 4 is 6.09 Å². The molecular formula is C26H37NO3. The van der Waals surface area contributed by atoms with E-state index in [1.165, 1.54) is 11.1 Å². The summed E-state index contributed by atoms with van der Waals surface area (Å²) in [6.45, 7) is 11.5. The summed E-state index contributed by atoms with van der Waals surface area (Å²) < 4.78 is 10.1. The van der Waals surface area contributed by atoms with Gasteiger partial charge in [-0.2, -0.15) is 0 Å². The highest BCUT2D eigenvalue weighted by Crippen LogP contribution is 2.37. The van der Waals surface area contributed by atoms with Gasteiger partial charge in [0, 0.05) is 7.11 Å². The van der Waals surface area contributed by atoms with Gasteiger partial charge in [-0.1, -0.05) is 75.4 Å². The number of carbonyl (C=O) groups excluding carboxylic acids is 1. The first-order valence-corrected chi connectivity index (χ1v) is 10.8. The maximum Gasteiger partial charge on any atom is 0.407 e. The van der Waals surface area contributed by atoms with Gasteiger partial charge in [0.25, 0.3) is 0 Å². The molecule has 2 rings (SSSR count). The van der Waals surface area contributed by atoms with Gasteiger partial charge in [-0.05, 0) is 54.7 Å². The summed E-state index contributed by atoms with van der Waals surface area (Å²) in [6, 6.07) is 19.3. The Balaban J connectivity index is 2.16. The molecule has 0 saturated heterocycles. The van der Waals surface area contributed by atoms with Gasteiger partial charge < -0.3 is 14.8 Å². The Bertz CT molecular complexity index is 799. The van der Waals surface area contributed by atoms with Crippen LogP contribution in [0.5, 0.6) is 0 Å². The normalized spacial score (nSPS) is 13.0. The third-order valence-corrected chi connectivity index (χ3v) is 5.82. The summed E-state index contributed by atoms with van der Waals surface area (Å²) in [4.78, 5) is 12.1. The van der Waals surface area contributed by atoms with E-state index in [1.807, 2.05) is 13.8 Å². The monoisotopic (exact) mass is 411 g/mol. The topological polar surface area (TPSA) is 47.6 Å². The number of nitrogens with one attached hydrogen (secondary N) is 1. The summed E-state index contributed by atoms with van der Waals surface area (Å²) in [5, 5.41) is 2.97. The molecule has 0 fully saturated rings. The van der Waals surface area contributed by atoms with E-state index >= 15 is 0 Å². The van der Waals surface area contributed by atoms with Gasteiger partial charge in [0.2, 0.25) is 0 Å². The molecule has 164 valence electrons. The first-order valence-electron chi connectivity index (χ1n) is 10.8. The smallest absolute Gasteiger partial charge is 0.407 e. The van der Waals surface area contributed by atoms with Gasteiger partial charge in [-0.15, -0.1) is 0 Å². The Morgan fingerprint density at radius 1 is 0.967 bits per heavy atom. The minimum Gasteiger partial charge on any atom is -0.447 e. The van der Waals surface area contributed by atoms with Crippen LogP contribution in [0, 0.1) is 0 Å². The molecule has 4 heteroatoms. The van der Waals surface area contributed by atoms with Crippen LogP contribution in [0.2, 0.25) is 0 Å². The van der Waals surface area contributed by atoms with Gasteiger partial charge in [-0.25, -0.2) is 4.79 Å². The lowest BCUT2D eigenvalue weighted by Gasteiger charge is -2.32. The standard InChI is InChI=1S/C26H37NO3/c1-7-20(21-12-9-8-10-13-21)19-25(2,3)22-14-11-15-23(18-22)26(4,5)27-24(28)30-17-16-29-6/h8-15,18,20H,7,16-17,19H2,1-6H3,(H,27,28). The fraction of sp³-hybridized carbons (Fsp3) is 0.500. The van der Waals surface area contributed by atoms with Crippen molar-refractivity contribution < 1.29 is 14.3 Å². The lowest BCUT2D eigenvalue weighted by Crippen LogP contribution is -2.41. The zero-order valence-corrected chi connectivity index (χ0v) is 19.3. The average molecular weight is 412 g/mol. The Kier molecular flexibility index (Phi) is 8.48. The summed E-state index contributed by atoms with van der Waals surface area (Å²) >= 11 is 0. The largest absolute Gasteiger partial charge is 0.447 e. The third-order valence-electron chi connectivity index (χ3n) is 5.82. The van der Waals surface area contributed by atoms with Crippen molar-refractivity contribution in [1.29, 1.82) is 0 Å². The molecule has 4 nitrogen and oxygen atoms in total. The molecule has 2 aromatic carbocycles. The zero-order chi connectivity index (χ0) is 22.2. The second-order valence-electron chi connectivity index (χ2n) is 9.06. The maximum absolute atomic E-state index is 12.1. The fourth-order valence-corrected chi connectivity index (χ4v) is 3.87. The van der Waals surface area contributed by atoms with Crippen molar-refractivity contribution in [3.05, 3.63) is 71.3 Å². The van der Waals surface area contributed by atoms with Crippen LogP contribution in [0.3, 0.4) is 0 Å². The summed E-state index contributed by atoms with van der Waals surface area (Å²) in [6.07, 6.45) is 1.73. The van der Waals surface area contributed by atoms with Crippen molar-refractivity contribution in [2.75, 3.05) is 20.3 Å². The van der Waals surface area contributed by atoms with Gasteiger partial charge in [0.05, 0.1) is 12.1 Å². The van der Waals surface area contributed by atoms with E-state index in [4.69, 9.17) is 9.47 Å². The van der Waals surface area contributed by atoms with Crippen molar-refractivity contribution in [1.82, 2.24) is 5.32 Å². The molecular weight excluding hydrogens is 374 g/mol. The van der Waals surface area contributed by atoms with Crippen LogP contribution < -0.4 is 5.32 Å². The molecule has 0 bridgehead atoms. The van der Waals surface area contributed by atoms with E-state index in [-0.39, 0.29) is 12.0 Å². The number of ether oxygens (including phenoxy) is 2. The molecule has 0 aliphatic heterocycles. The molecule has 0 heterocycles. The molecule has 2 aromatic rings. The molecule has 0 saturated carbocycles. The van der Waals surface area contributed by atoms with E-state index in [9.17, 15) is 4.79 Å². The minimum absolute atomic E-state index is 0.00157. The van der Waals surface area contributed by atoms with Crippen LogP contribution >= 0.6 is 0 Å². The number of amides is 1. The van der Waals surface area contributed by atoms with Gasteiger partial charge >= 0.3 is 6.09 Å². The second kappa shape index (κ2) is 10.6. The summed E-state index contributed by atoms with van der Waals surface area (Å²) in [5.41, 5.74) is 3.19. The van der Waals surface area contributed by atoms with Crippen LogP contribution in [0.25, 0.3) is 0 Å². The summed E-state index contributed by atoms with van der Waals surface area (Å²) in [5.74, 6) is 0.506. The van der Waals surface area contributed by atoms with Crippen LogP contribution in [0.1, 0.15) is 70.1 Å². The van der Waals surface area contributed by atoms with E-state index < -0.39 is 11.6 Å². The molecule has 1 unspecified atom stereocenters. The predicted octanol–water partition coefficient (Wildman–Crippen LogP) is 6.16. The van der Waals surface area contributed by atoms with Gasteiger partial charge in [0.15, 0.2) is 0 Å². The number of benzene rings is 2. The molecule has 30 heavy (non-hydrogen) atoms. The van der Waals surface area contributed by atoms with Crippen LogP contribution in [-0.2, 0) is 20.4 Å². The van der Waals surface area contributed by atoms with Crippen molar-refractivity contribution in [3.8, 4) is 0 Å². The zero-order valence-electron chi connectivity index (χ0n) is 19.3. The Hall–Kier alpha value is -2.33. The van der Waals surface area contributed by atoms with Crippen molar-refractivity contribution in [2.45, 2.75) is 64.3 Å². The molecule has 1 N–H and O–H groups in total. The summed E-state index contributed by atoms with van der Waals surface area (Å²) in [7, 11) is 1.58. The molecule has 0 spiro atoms. The van der Waals surface area contributed by atoms with Crippen LogP contribution in [0.4, 0.5) is 4.79 Å². The quantitative estimate of drug-likeness (QED) is 0.477. The van der Waals surface area contributed by atoms with Gasteiger partial charge in [0.1, 0.15) is 6.61 Å². The molecule has 1 atom stereocenters. The molecule has 0 aromatic heterocycles. The highest BCUT2D eigenvalue weighted by molar-refractivity contribution is 5.68. The number of hydrogen-bond acceptors (Lipinski definition) is 3. The lowest BCUT2D eigenvalue weighted by atomic mass is 9.73. The fourth-order valence-electron chi connectivity index (χ4n) is 3.87. The van der Waals surface area contributed by atoms with Crippen molar-refractivity contribution in [2.24, 2.45) is 0 Å². The second-order valence-corrected chi connectivity index (χ2v) is 9.06. The van der Waals surface area contributed by atoms with Gasteiger partial charge in [-0.3, -0.25) is 0 Å². The van der Waals surface area contributed by atoms with Crippen molar-refractivity contribution in [3.63, 3.8) is 0 Å². The Morgan fingerprint density at radius 3 is 2.27 bits per heavy atom. The maximum atomic E-state index is 12.1.